The lowest BCUT2D eigenvalue weighted by Crippen LogP contribution is -2.30. The van der Waals surface area contributed by atoms with Crippen molar-refractivity contribution >= 4 is 21.8 Å². The van der Waals surface area contributed by atoms with Gasteiger partial charge in [-0.05, 0) is 30.7 Å². The Morgan fingerprint density at radius 1 is 1.26 bits per heavy atom. The van der Waals surface area contributed by atoms with Gasteiger partial charge in [0.2, 0.25) is 0 Å². The number of hydrogen-bond donors (Lipinski definition) is 2. The monoisotopic (exact) mass is 377 g/mol. The smallest absolute Gasteiger partial charge is 0.251 e. The normalized spacial score (nSPS) is 12.0. The van der Waals surface area contributed by atoms with Crippen LogP contribution >= 0.6 is 15.9 Å². The van der Waals surface area contributed by atoms with Crippen LogP contribution in [-0.2, 0) is 4.74 Å². The van der Waals surface area contributed by atoms with E-state index in [1.54, 1.807) is 12.1 Å². The van der Waals surface area contributed by atoms with Crippen molar-refractivity contribution in [3.63, 3.8) is 0 Å². The lowest BCUT2D eigenvalue weighted by Gasteiger charge is -2.19. The molecular formula is C18H20BrNO3. The van der Waals surface area contributed by atoms with E-state index in [0.717, 1.165) is 15.6 Å². The largest absolute Gasteiger partial charge is 0.394 e. The molecule has 1 amide bonds. The number of aliphatic hydroxyl groups excluding tert-OH is 1. The molecule has 0 aromatic heterocycles. The van der Waals surface area contributed by atoms with Gasteiger partial charge >= 0.3 is 0 Å². The molecule has 0 saturated heterocycles. The van der Waals surface area contributed by atoms with Crippen LogP contribution in [0.2, 0.25) is 0 Å². The SMILES string of the molecule is Cc1ccc(C(CNC(=O)c2cccc(Br)c2)OCCO)cc1. The molecule has 0 radical (unpaired) electrons. The third kappa shape index (κ3) is 5.46. The van der Waals surface area contributed by atoms with Gasteiger partial charge in [-0.3, -0.25) is 4.79 Å². The number of aliphatic hydroxyl groups is 1. The Morgan fingerprint density at radius 3 is 2.65 bits per heavy atom. The molecule has 4 nitrogen and oxygen atoms in total. The highest BCUT2D eigenvalue weighted by atomic mass is 79.9. The lowest BCUT2D eigenvalue weighted by molar-refractivity contribution is 0.0277. The number of rotatable bonds is 7. The molecule has 0 aliphatic heterocycles. The Morgan fingerprint density at radius 2 is 2.00 bits per heavy atom. The molecule has 122 valence electrons. The van der Waals surface area contributed by atoms with E-state index in [2.05, 4.69) is 21.2 Å². The Balaban J connectivity index is 2.03. The minimum Gasteiger partial charge on any atom is -0.394 e. The first-order valence-corrected chi connectivity index (χ1v) is 8.22. The first-order chi connectivity index (χ1) is 11.1. The fraction of sp³-hybridized carbons (Fsp3) is 0.278. The molecule has 1 atom stereocenters. The summed E-state index contributed by atoms with van der Waals surface area (Å²) in [6.45, 7) is 2.53. The van der Waals surface area contributed by atoms with E-state index in [9.17, 15) is 4.79 Å². The van der Waals surface area contributed by atoms with Crippen molar-refractivity contribution in [3.8, 4) is 0 Å². The van der Waals surface area contributed by atoms with E-state index < -0.39 is 0 Å². The van der Waals surface area contributed by atoms with Crippen LogP contribution in [0.1, 0.15) is 27.6 Å². The zero-order valence-corrected chi connectivity index (χ0v) is 14.5. The van der Waals surface area contributed by atoms with Crippen molar-refractivity contribution in [1.82, 2.24) is 5.32 Å². The van der Waals surface area contributed by atoms with Gasteiger partial charge < -0.3 is 15.2 Å². The summed E-state index contributed by atoms with van der Waals surface area (Å²) in [5.41, 5.74) is 2.72. The number of aryl methyl sites for hydroxylation is 1. The predicted octanol–water partition coefficient (Wildman–Crippen LogP) is 3.24. The number of carbonyl (C=O) groups excluding carboxylic acids is 1. The summed E-state index contributed by atoms with van der Waals surface area (Å²) in [6, 6.07) is 15.2. The summed E-state index contributed by atoms with van der Waals surface area (Å²) < 4.78 is 6.51. The Kier molecular flexibility index (Phi) is 6.77. The summed E-state index contributed by atoms with van der Waals surface area (Å²) in [7, 11) is 0. The molecule has 2 rings (SSSR count). The Hall–Kier alpha value is -1.69. The van der Waals surface area contributed by atoms with Crippen molar-refractivity contribution in [3.05, 3.63) is 69.7 Å². The highest BCUT2D eigenvalue weighted by molar-refractivity contribution is 9.10. The number of carbonyl (C=O) groups is 1. The second-order valence-corrected chi connectivity index (χ2v) is 6.13. The van der Waals surface area contributed by atoms with Crippen LogP contribution < -0.4 is 5.32 Å². The third-order valence-corrected chi connectivity index (χ3v) is 3.89. The lowest BCUT2D eigenvalue weighted by atomic mass is 10.1. The summed E-state index contributed by atoms with van der Waals surface area (Å²) >= 11 is 3.36. The maximum Gasteiger partial charge on any atom is 0.251 e. The first kappa shape index (κ1) is 17.7. The van der Waals surface area contributed by atoms with E-state index in [0.29, 0.717) is 12.1 Å². The summed E-state index contributed by atoms with van der Waals surface area (Å²) in [5.74, 6) is -0.156. The number of hydrogen-bond acceptors (Lipinski definition) is 3. The number of halogens is 1. The van der Waals surface area contributed by atoms with Gasteiger partial charge in [-0.2, -0.15) is 0 Å². The highest BCUT2D eigenvalue weighted by Crippen LogP contribution is 2.18. The van der Waals surface area contributed by atoms with Crippen LogP contribution in [0.4, 0.5) is 0 Å². The van der Waals surface area contributed by atoms with Crippen LogP contribution in [-0.4, -0.2) is 30.8 Å². The molecule has 0 aliphatic rings. The molecule has 0 spiro atoms. The summed E-state index contributed by atoms with van der Waals surface area (Å²) in [4.78, 5) is 12.2. The molecule has 2 aromatic rings. The van der Waals surface area contributed by atoms with E-state index in [4.69, 9.17) is 9.84 Å². The van der Waals surface area contributed by atoms with Crippen molar-refractivity contribution in [2.75, 3.05) is 19.8 Å². The average molecular weight is 378 g/mol. The van der Waals surface area contributed by atoms with Crippen molar-refractivity contribution in [1.29, 1.82) is 0 Å². The van der Waals surface area contributed by atoms with Gasteiger partial charge in [0.15, 0.2) is 0 Å². The van der Waals surface area contributed by atoms with Crippen LogP contribution in [0, 0.1) is 6.92 Å². The van der Waals surface area contributed by atoms with Crippen LogP contribution in [0.25, 0.3) is 0 Å². The minimum absolute atomic E-state index is 0.0536. The number of nitrogens with one attached hydrogen (secondary N) is 1. The molecule has 23 heavy (non-hydrogen) atoms. The quantitative estimate of drug-likeness (QED) is 0.778. The topological polar surface area (TPSA) is 58.6 Å². The molecule has 0 heterocycles. The average Bonchev–Trinajstić information content (AvgIpc) is 2.56. The fourth-order valence-electron chi connectivity index (χ4n) is 2.17. The number of amides is 1. The van der Waals surface area contributed by atoms with Crippen molar-refractivity contribution in [2.45, 2.75) is 13.0 Å². The van der Waals surface area contributed by atoms with Crippen LogP contribution in [0.3, 0.4) is 0 Å². The second kappa shape index (κ2) is 8.82. The fourth-order valence-corrected chi connectivity index (χ4v) is 2.57. The molecule has 5 heteroatoms. The van der Waals surface area contributed by atoms with Crippen molar-refractivity contribution < 1.29 is 14.6 Å². The van der Waals surface area contributed by atoms with Gasteiger partial charge in [-0.1, -0.05) is 51.8 Å². The Bertz CT molecular complexity index is 643. The second-order valence-electron chi connectivity index (χ2n) is 5.21. The van der Waals surface area contributed by atoms with E-state index in [1.165, 1.54) is 0 Å². The van der Waals surface area contributed by atoms with Gasteiger partial charge in [0.1, 0.15) is 0 Å². The zero-order valence-electron chi connectivity index (χ0n) is 13.0. The molecular weight excluding hydrogens is 358 g/mol. The molecule has 2 aromatic carbocycles. The number of ether oxygens (including phenoxy) is 1. The van der Waals surface area contributed by atoms with Gasteiger partial charge in [-0.15, -0.1) is 0 Å². The molecule has 0 saturated carbocycles. The summed E-state index contributed by atoms with van der Waals surface area (Å²) in [6.07, 6.45) is -0.293. The van der Waals surface area contributed by atoms with Gasteiger partial charge in [0.25, 0.3) is 5.91 Å². The van der Waals surface area contributed by atoms with Gasteiger partial charge in [0.05, 0.1) is 19.3 Å². The maximum absolute atomic E-state index is 12.2. The zero-order chi connectivity index (χ0) is 16.7. The van der Waals surface area contributed by atoms with Crippen LogP contribution in [0.15, 0.2) is 53.0 Å². The molecule has 2 N–H and O–H groups in total. The van der Waals surface area contributed by atoms with E-state index >= 15 is 0 Å². The molecule has 0 aliphatic carbocycles. The molecule has 1 unspecified atom stereocenters. The highest BCUT2D eigenvalue weighted by Gasteiger charge is 2.14. The standard InChI is InChI=1S/C18H20BrNO3/c1-13-5-7-14(8-6-13)17(23-10-9-21)12-20-18(22)15-3-2-4-16(19)11-15/h2-8,11,17,21H,9-10,12H2,1H3,(H,20,22). The van der Waals surface area contributed by atoms with E-state index in [1.807, 2.05) is 43.3 Å². The van der Waals surface area contributed by atoms with E-state index in [-0.39, 0.29) is 25.2 Å². The Labute approximate surface area is 144 Å². The van der Waals surface area contributed by atoms with Gasteiger partial charge in [0, 0.05) is 16.6 Å². The number of benzene rings is 2. The van der Waals surface area contributed by atoms with Crippen LogP contribution in [0.5, 0.6) is 0 Å². The van der Waals surface area contributed by atoms with Crippen molar-refractivity contribution in [2.24, 2.45) is 0 Å². The first-order valence-electron chi connectivity index (χ1n) is 7.43. The third-order valence-electron chi connectivity index (χ3n) is 3.39. The van der Waals surface area contributed by atoms with Gasteiger partial charge in [-0.25, -0.2) is 0 Å². The predicted molar refractivity (Wildman–Crippen MR) is 93.4 cm³/mol. The summed E-state index contributed by atoms with van der Waals surface area (Å²) in [5, 5.41) is 11.9. The minimum atomic E-state index is -0.293. The molecule has 0 bridgehead atoms. The molecule has 0 fully saturated rings. The maximum atomic E-state index is 12.2.